The summed E-state index contributed by atoms with van der Waals surface area (Å²) in [4.78, 5) is 15.7. The van der Waals surface area contributed by atoms with Gasteiger partial charge in [0.25, 0.3) is 0 Å². The van der Waals surface area contributed by atoms with Crippen LogP contribution < -0.4 is 9.47 Å². The fraction of sp³-hybridized carbons (Fsp3) is 0.333. The highest BCUT2D eigenvalue weighted by molar-refractivity contribution is 7.09. The highest BCUT2D eigenvalue weighted by Gasteiger charge is 2.13. The molecule has 2 heterocycles. The molecule has 0 fully saturated rings. The van der Waals surface area contributed by atoms with Crippen LogP contribution in [0.4, 0.5) is 0 Å². The van der Waals surface area contributed by atoms with Gasteiger partial charge in [-0.25, -0.2) is 0 Å². The van der Waals surface area contributed by atoms with E-state index in [1.807, 2.05) is 74.3 Å². The summed E-state index contributed by atoms with van der Waals surface area (Å²) in [6, 6.07) is 9.85. The van der Waals surface area contributed by atoms with Gasteiger partial charge >= 0.3 is 0 Å². The third-order valence-corrected chi connectivity index (χ3v) is 6.05. The lowest BCUT2D eigenvalue weighted by molar-refractivity contribution is -0.126. The first-order valence-electron chi connectivity index (χ1n) is 10.2. The van der Waals surface area contributed by atoms with Crippen LogP contribution in [0.2, 0.25) is 0 Å². The standard InChI is InChI=1S/C24H29N3O3S/c1-6-27(24(28)12-10-21-17(2)25-26(4)18(21)3)15-19-9-11-22(23(14-19)29-5)30-16-20-8-7-13-31-20/h7-14H,6,15-16H2,1-5H3. The summed E-state index contributed by atoms with van der Waals surface area (Å²) in [7, 11) is 3.53. The number of nitrogens with zero attached hydrogens (tertiary/aromatic N) is 3. The predicted octanol–water partition coefficient (Wildman–Crippen LogP) is 4.75. The number of likely N-dealkylation sites (N-methyl/N-ethyl adjacent to an activating group) is 1. The first kappa shape index (κ1) is 22.6. The number of aryl methyl sites for hydroxylation is 2. The molecule has 0 aliphatic heterocycles. The summed E-state index contributed by atoms with van der Waals surface area (Å²) >= 11 is 1.66. The van der Waals surface area contributed by atoms with Crippen LogP contribution in [0, 0.1) is 13.8 Å². The number of carbonyl (C=O) groups is 1. The zero-order chi connectivity index (χ0) is 22.4. The van der Waals surface area contributed by atoms with Crippen molar-refractivity contribution in [3.05, 3.63) is 69.2 Å². The van der Waals surface area contributed by atoms with E-state index in [9.17, 15) is 4.79 Å². The van der Waals surface area contributed by atoms with E-state index >= 15 is 0 Å². The Morgan fingerprint density at radius 3 is 2.68 bits per heavy atom. The molecule has 0 radical (unpaired) electrons. The molecule has 0 saturated heterocycles. The van der Waals surface area contributed by atoms with Gasteiger partial charge in [0.05, 0.1) is 12.8 Å². The second-order valence-corrected chi connectivity index (χ2v) is 8.28. The third kappa shape index (κ3) is 5.55. The van der Waals surface area contributed by atoms with Crippen LogP contribution in [0.25, 0.3) is 6.08 Å². The Morgan fingerprint density at radius 2 is 2.06 bits per heavy atom. The Balaban J connectivity index is 1.68. The monoisotopic (exact) mass is 439 g/mol. The van der Waals surface area contributed by atoms with Gasteiger partial charge in [0.1, 0.15) is 6.61 Å². The number of ether oxygens (including phenoxy) is 2. The topological polar surface area (TPSA) is 56.6 Å². The second-order valence-electron chi connectivity index (χ2n) is 7.25. The highest BCUT2D eigenvalue weighted by Crippen LogP contribution is 2.30. The smallest absolute Gasteiger partial charge is 0.246 e. The van der Waals surface area contributed by atoms with Crippen molar-refractivity contribution in [2.24, 2.45) is 7.05 Å². The maximum atomic E-state index is 12.8. The van der Waals surface area contributed by atoms with Crippen molar-refractivity contribution in [1.29, 1.82) is 0 Å². The van der Waals surface area contributed by atoms with Crippen LogP contribution in [0.5, 0.6) is 11.5 Å². The SMILES string of the molecule is CCN(Cc1ccc(OCc2cccs2)c(OC)c1)C(=O)C=Cc1c(C)nn(C)c1C. The molecule has 6 nitrogen and oxygen atoms in total. The molecular weight excluding hydrogens is 410 g/mol. The van der Waals surface area contributed by atoms with Crippen molar-refractivity contribution in [2.45, 2.75) is 33.9 Å². The maximum Gasteiger partial charge on any atom is 0.246 e. The van der Waals surface area contributed by atoms with Crippen LogP contribution in [-0.2, 0) is 25.0 Å². The number of benzene rings is 1. The molecule has 0 saturated carbocycles. The number of aromatic nitrogens is 2. The van der Waals surface area contributed by atoms with Crippen LogP contribution in [0.3, 0.4) is 0 Å². The average Bonchev–Trinajstić information content (AvgIpc) is 3.37. The fourth-order valence-corrected chi connectivity index (χ4v) is 3.95. The minimum Gasteiger partial charge on any atom is -0.493 e. The summed E-state index contributed by atoms with van der Waals surface area (Å²) in [5.41, 5.74) is 3.92. The number of hydrogen-bond donors (Lipinski definition) is 0. The normalized spacial score (nSPS) is 11.1. The summed E-state index contributed by atoms with van der Waals surface area (Å²) in [5, 5.41) is 6.42. The maximum absolute atomic E-state index is 12.8. The van der Waals surface area contributed by atoms with Gasteiger partial charge in [-0.1, -0.05) is 12.1 Å². The van der Waals surface area contributed by atoms with Gasteiger partial charge in [-0.15, -0.1) is 11.3 Å². The van der Waals surface area contributed by atoms with Gasteiger partial charge in [-0.2, -0.15) is 5.10 Å². The van der Waals surface area contributed by atoms with Crippen LogP contribution in [0.1, 0.15) is 34.3 Å². The molecule has 0 bridgehead atoms. The minimum absolute atomic E-state index is 0.0397. The first-order chi connectivity index (χ1) is 14.9. The molecule has 31 heavy (non-hydrogen) atoms. The van der Waals surface area contributed by atoms with Crippen molar-refractivity contribution in [3.8, 4) is 11.5 Å². The number of thiophene rings is 1. The van der Waals surface area contributed by atoms with Gasteiger partial charge in [0, 0.05) is 42.3 Å². The first-order valence-corrected chi connectivity index (χ1v) is 11.1. The van der Waals surface area contributed by atoms with Crippen molar-refractivity contribution < 1.29 is 14.3 Å². The Labute approximate surface area is 187 Å². The average molecular weight is 440 g/mol. The molecule has 1 aromatic carbocycles. The molecule has 0 aliphatic rings. The second kappa shape index (κ2) is 10.3. The van der Waals surface area contributed by atoms with E-state index in [2.05, 4.69) is 5.10 Å². The van der Waals surface area contributed by atoms with Gasteiger partial charge in [0.15, 0.2) is 11.5 Å². The Hall–Kier alpha value is -3.06. The molecule has 3 rings (SSSR count). The highest BCUT2D eigenvalue weighted by atomic mass is 32.1. The largest absolute Gasteiger partial charge is 0.493 e. The Morgan fingerprint density at radius 1 is 1.26 bits per heavy atom. The van der Waals surface area contributed by atoms with Crippen LogP contribution >= 0.6 is 11.3 Å². The molecule has 2 aromatic heterocycles. The summed E-state index contributed by atoms with van der Waals surface area (Å²) in [6.07, 6.45) is 3.47. The number of amides is 1. The quantitative estimate of drug-likeness (QED) is 0.452. The van der Waals surface area contributed by atoms with Crippen molar-refractivity contribution >= 4 is 23.3 Å². The lowest BCUT2D eigenvalue weighted by Crippen LogP contribution is -2.28. The molecular formula is C24H29N3O3S. The van der Waals surface area contributed by atoms with Gasteiger partial charge in [-0.05, 0) is 56.0 Å². The number of methoxy groups -OCH3 is 1. The summed E-state index contributed by atoms with van der Waals surface area (Å²) in [5.74, 6) is 1.31. The van der Waals surface area contributed by atoms with Crippen LogP contribution in [0.15, 0.2) is 41.8 Å². The molecule has 7 heteroatoms. The lowest BCUT2D eigenvalue weighted by atomic mass is 10.1. The lowest BCUT2D eigenvalue weighted by Gasteiger charge is -2.20. The van der Waals surface area contributed by atoms with E-state index in [4.69, 9.17) is 9.47 Å². The van der Waals surface area contributed by atoms with E-state index in [-0.39, 0.29) is 5.91 Å². The molecule has 3 aromatic rings. The summed E-state index contributed by atoms with van der Waals surface area (Å²) in [6.45, 7) is 7.52. The summed E-state index contributed by atoms with van der Waals surface area (Å²) < 4.78 is 13.2. The zero-order valence-electron chi connectivity index (χ0n) is 18.7. The number of hydrogen-bond acceptors (Lipinski definition) is 5. The molecule has 0 atom stereocenters. The Kier molecular flexibility index (Phi) is 7.52. The van der Waals surface area contributed by atoms with E-state index in [0.29, 0.717) is 31.2 Å². The van der Waals surface area contributed by atoms with E-state index < -0.39 is 0 Å². The fourth-order valence-electron chi connectivity index (χ4n) is 3.33. The van der Waals surface area contributed by atoms with Gasteiger partial charge in [0.2, 0.25) is 5.91 Å². The molecule has 164 valence electrons. The number of rotatable bonds is 9. The van der Waals surface area contributed by atoms with Gasteiger partial charge in [-0.3, -0.25) is 9.48 Å². The minimum atomic E-state index is -0.0397. The number of carbonyl (C=O) groups excluding carboxylic acids is 1. The molecule has 0 N–H and O–H groups in total. The zero-order valence-corrected chi connectivity index (χ0v) is 19.5. The van der Waals surface area contributed by atoms with E-state index in [0.717, 1.165) is 27.4 Å². The molecule has 0 aliphatic carbocycles. The third-order valence-electron chi connectivity index (χ3n) is 5.20. The molecule has 0 spiro atoms. The predicted molar refractivity (Wildman–Crippen MR) is 124 cm³/mol. The van der Waals surface area contributed by atoms with Crippen molar-refractivity contribution in [3.63, 3.8) is 0 Å². The van der Waals surface area contributed by atoms with Crippen molar-refractivity contribution in [2.75, 3.05) is 13.7 Å². The van der Waals surface area contributed by atoms with Gasteiger partial charge < -0.3 is 14.4 Å². The van der Waals surface area contributed by atoms with E-state index in [1.54, 1.807) is 29.4 Å². The van der Waals surface area contributed by atoms with E-state index in [1.165, 1.54) is 0 Å². The molecule has 1 amide bonds. The van der Waals surface area contributed by atoms with Crippen LogP contribution in [-0.4, -0.2) is 34.2 Å². The molecule has 0 unspecified atom stereocenters. The Bertz CT molecular complexity index is 1050. The van der Waals surface area contributed by atoms with Crippen molar-refractivity contribution in [1.82, 2.24) is 14.7 Å².